The zero-order valence-corrected chi connectivity index (χ0v) is 11.0. The van der Waals surface area contributed by atoms with Crippen molar-refractivity contribution < 1.29 is 14.3 Å². The molecule has 0 radical (unpaired) electrons. The molecule has 19 heavy (non-hydrogen) atoms. The van der Waals surface area contributed by atoms with Crippen molar-refractivity contribution >= 4 is 5.97 Å². The predicted molar refractivity (Wildman–Crippen MR) is 71.5 cm³/mol. The van der Waals surface area contributed by atoms with Gasteiger partial charge in [-0.15, -0.1) is 0 Å². The number of hydrogen-bond donors (Lipinski definition) is 0. The molecular weight excluding hydrogens is 240 g/mol. The topological polar surface area (TPSA) is 35.5 Å². The van der Waals surface area contributed by atoms with Crippen molar-refractivity contribution in [1.29, 1.82) is 0 Å². The highest BCUT2D eigenvalue weighted by molar-refractivity contribution is 5.83. The van der Waals surface area contributed by atoms with Crippen LogP contribution in [-0.2, 0) is 19.9 Å². The third-order valence-electron chi connectivity index (χ3n) is 3.95. The molecule has 2 aliphatic rings. The molecule has 3 nitrogen and oxygen atoms in total. The van der Waals surface area contributed by atoms with Gasteiger partial charge in [0.25, 0.3) is 0 Å². The lowest BCUT2D eigenvalue weighted by molar-refractivity contribution is -0.261. The summed E-state index contributed by atoms with van der Waals surface area (Å²) >= 11 is 0. The molecule has 0 aromatic heterocycles. The van der Waals surface area contributed by atoms with Crippen molar-refractivity contribution in [2.75, 3.05) is 6.61 Å². The van der Waals surface area contributed by atoms with Crippen molar-refractivity contribution in [3.05, 3.63) is 48.0 Å². The molecule has 3 rings (SSSR count). The van der Waals surface area contributed by atoms with E-state index >= 15 is 0 Å². The standard InChI is InChI=1S/C16H18O3/c1-2-18-15(17)16(12-8-4-3-5-9-12)13-10-6-7-11-14(13)19-16/h3-6,8-10,13-14H,2,7,11H2,1H3/t13-,14+,16+/m0/s1. The maximum atomic E-state index is 12.4. The van der Waals surface area contributed by atoms with Crippen LogP contribution in [0.5, 0.6) is 0 Å². The van der Waals surface area contributed by atoms with E-state index in [2.05, 4.69) is 12.2 Å². The van der Waals surface area contributed by atoms with Gasteiger partial charge in [-0.2, -0.15) is 0 Å². The van der Waals surface area contributed by atoms with Crippen molar-refractivity contribution in [3.63, 3.8) is 0 Å². The average Bonchev–Trinajstić information content (AvgIpc) is 2.42. The SMILES string of the molecule is CCOC(=O)[C@]1(c2ccccc2)O[C@@H]2CCC=C[C@@H]21. The number of allylic oxidation sites excluding steroid dienone is 1. The summed E-state index contributed by atoms with van der Waals surface area (Å²) in [6.45, 7) is 2.20. The van der Waals surface area contributed by atoms with Gasteiger partial charge in [0, 0.05) is 5.92 Å². The average molecular weight is 258 g/mol. The van der Waals surface area contributed by atoms with E-state index in [9.17, 15) is 4.79 Å². The van der Waals surface area contributed by atoms with E-state index in [1.165, 1.54) is 0 Å². The van der Waals surface area contributed by atoms with Gasteiger partial charge in [0.05, 0.1) is 12.7 Å². The Morgan fingerprint density at radius 2 is 2.21 bits per heavy atom. The first-order chi connectivity index (χ1) is 9.29. The van der Waals surface area contributed by atoms with Crippen LogP contribution >= 0.6 is 0 Å². The molecule has 1 fully saturated rings. The Hall–Kier alpha value is -1.61. The lowest BCUT2D eigenvalue weighted by atomic mass is 9.69. The summed E-state index contributed by atoms with van der Waals surface area (Å²) in [5.74, 6) is -0.170. The Kier molecular flexibility index (Phi) is 3.15. The highest BCUT2D eigenvalue weighted by atomic mass is 16.6. The number of carbonyl (C=O) groups is 1. The van der Waals surface area contributed by atoms with E-state index < -0.39 is 5.60 Å². The first kappa shape index (κ1) is 12.4. The van der Waals surface area contributed by atoms with Crippen molar-refractivity contribution in [1.82, 2.24) is 0 Å². The monoisotopic (exact) mass is 258 g/mol. The molecule has 100 valence electrons. The van der Waals surface area contributed by atoms with E-state index in [4.69, 9.17) is 9.47 Å². The smallest absolute Gasteiger partial charge is 0.343 e. The Balaban J connectivity index is 2.00. The van der Waals surface area contributed by atoms with Crippen LogP contribution in [0, 0.1) is 5.92 Å². The highest BCUT2D eigenvalue weighted by Gasteiger charge is 2.61. The van der Waals surface area contributed by atoms with E-state index in [1.54, 1.807) is 0 Å². The Morgan fingerprint density at radius 1 is 1.42 bits per heavy atom. The number of esters is 1. The third-order valence-corrected chi connectivity index (χ3v) is 3.95. The Labute approximate surface area is 113 Å². The zero-order chi connectivity index (χ0) is 13.3. The minimum absolute atomic E-state index is 0.0997. The van der Waals surface area contributed by atoms with Gasteiger partial charge in [-0.25, -0.2) is 4.79 Å². The number of rotatable bonds is 3. The van der Waals surface area contributed by atoms with Gasteiger partial charge in [-0.05, 0) is 25.3 Å². The van der Waals surface area contributed by atoms with Gasteiger partial charge in [-0.3, -0.25) is 0 Å². The third kappa shape index (κ3) is 1.80. The molecule has 0 amide bonds. The second-order valence-electron chi connectivity index (χ2n) is 5.01. The number of benzene rings is 1. The van der Waals surface area contributed by atoms with Crippen LogP contribution < -0.4 is 0 Å². The molecule has 1 heterocycles. The molecule has 0 saturated carbocycles. The van der Waals surface area contributed by atoms with E-state index in [1.807, 2.05) is 37.3 Å². The molecule has 0 N–H and O–H groups in total. The first-order valence-electron chi connectivity index (χ1n) is 6.86. The number of fused-ring (bicyclic) bond motifs is 1. The summed E-state index contributed by atoms with van der Waals surface area (Å²) in [5, 5.41) is 0. The molecule has 1 aliphatic carbocycles. The fraction of sp³-hybridized carbons (Fsp3) is 0.438. The van der Waals surface area contributed by atoms with Crippen LogP contribution in [0.25, 0.3) is 0 Å². The normalized spacial score (nSPS) is 32.3. The molecule has 1 aromatic carbocycles. The lowest BCUT2D eigenvalue weighted by Gasteiger charge is -2.53. The summed E-state index contributed by atoms with van der Waals surface area (Å²) in [7, 11) is 0. The number of carbonyl (C=O) groups excluding carboxylic acids is 1. The number of hydrogen-bond acceptors (Lipinski definition) is 3. The molecule has 0 spiro atoms. The summed E-state index contributed by atoms with van der Waals surface area (Å²) in [6, 6.07) is 9.68. The Bertz CT molecular complexity index is 494. The van der Waals surface area contributed by atoms with Gasteiger partial charge in [0.2, 0.25) is 0 Å². The summed E-state index contributed by atoms with van der Waals surface area (Å²) in [5.41, 5.74) is -0.0416. The molecule has 3 atom stereocenters. The summed E-state index contributed by atoms with van der Waals surface area (Å²) in [4.78, 5) is 12.4. The van der Waals surface area contributed by atoms with E-state index in [0.29, 0.717) is 6.61 Å². The molecular formula is C16H18O3. The fourth-order valence-corrected chi connectivity index (χ4v) is 3.07. The molecule has 3 heteroatoms. The Morgan fingerprint density at radius 3 is 2.89 bits per heavy atom. The van der Waals surface area contributed by atoms with Gasteiger partial charge in [0.15, 0.2) is 5.60 Å². The van der Waals surface area contributed by atoms with Crippen LogP contribution in [0.15, 0.2) is 42.5 Å². The molecule has 1 aromatic rings. The van der Waals surface area contributed by atoms with Crippen LogP contribution in [-0.4, -0.2) is 18.7 Å². The van der Waals surface area contributed by atoms with Crippen molar-refractivity contribution in [2.45, 2.75) is 31.5 Å². The highest BCUT2D eigenvalue weighted by Crippen LogP contribution is 2.51. The van der Waals surface area contributed by atoms with E-state index in [-0.39, 0.29) is 18.0 Å². The van der Waals surface area contributed by atoms with Gasteiger partial charge >= 0.3 is 5.97 Å². The van der Waals surface area contributed by atoms with Crippen LogP contribution in [0.3, 0.4) is 0 Å². The maximum absolute atomic E-state index is 12.4. The van der Waals surface area contributed by atoms with Gasteiger partial charge in [-0.1, -0.05) is 42.5 Å². The largest absolute Gasteiger partial charge is 0.464 e. The van der Waals surface area contributed by atoms with Crippen molar-refractivity contribution in [3.8, 4) is 0 Å². The maximum Gasteiger partial charge on any atom is 0.343 e. The fourth-order valence-electron chi connectivity index (χ4n) is 3.07. The van der Waals surface area contributed by atoms with Gasteiger partial charge in [0.1, 0.15) is 0 Å². The first-order valence-corrected chi connectivity index (χ1v) is 6.86. The lowest BCUT2D eigenvalue weighted by Crippen LogP contribution is -2.62. The van der Waals surface area contributed by atoms with Crippen molar-refractivity contribution in [2.24, 2.45) is 5.92 Å². The van der Waals surface area contributed by atoms with Crippen LogP contribution in [0.2, 0.25) is 0 Å². The summed E-state index contributed by atoms with van der Waals surface area (Å²) < 4.78 is 11.3. The van der Waals surface area contributed by atoms with Gasteiger partial charge < -0.3 is 9.47 Å². The quantitative estimate of drug-likeness (QED) is 0.618. The second-order valence-corrected chi connectivity index (χ2v) is 5.01. The predicted octanol–water partition coefficient (Wildman–Crippen LogP) is 2.81. The number of ether oxygens (including phenoxy) is 2. The molecule has 1 aliphatic heterocycles. The summed E-state index contributed by atoms with van der Waals surface area (Å²) in [6.07, 6.45) is 6.40. The molecule has 0 bridgehead atoms. The molecule has 0 unspecified atom stereocenters. The minimum atomic E-state index is -0.932. The second kappa shape index (κ2) is 4.82. The van der Waals surface area contributed by atoms with Crippen LogP contribution in [0.4, 0.5) is 0 Å². The van der Waals surface area contributed by atoms with E-state index in [0.717, 1.165) is 18.4 Å². The zero-order valence-electron chi connectivity index (χ0n) is 11.0. The molecule has 1 saturated heterocycles. The van der Waals surface area contributed by atoms with Crippen LogP contribution in [0.1, 0.15) is 25.3 Å². The minimum Gasteiger partial charge on any atom is -0.464 e.